The van der Waals surface area contributed by atoms with Gasteiger partial charge in [0, 0.05) is 72.0 Å². The third kappa shape index (κ3) is 6.95. The van der Waals surface area contributed by atoms with Crippen LogP contribution in [0.3, 0.4) is 0 Å². The van der Waals surface area contributed by atoms with Crippen molar-refractivity contribution in [2.75, 3.05) is 105 Å². The molecule has 9 nitrogen and oxygen atoms in total. The maximum Gasteiger partial charge on any atom is 0.287 e. The lowest BCUT2D eigenvalue weighted by atomic mass is 10.3. The van der Waals surface area contributed by atoms with Gasteiger partial charge in [0.25, 0.3) is 7.59 Å². The van der Waals surface area contributed by atoms with Crippen LogP contribution in [0.4, 0.5) is 0 Å². The molecule has 3 rings (SSSR count). The largest absolute Gasteiger partial charge is 0.329 e. The second-order valence-corrected chi connectivity index (χ2v) is 11.4. The van der Waals surface area contributed by atoms with E-state index in [0.717, 1.165) is 117 Å². The molecule has 1 unspecified atom stereocenters. The van der Waals surface area contributed by atoms with Gasteiger partial charge in [-0.05, 0) is 58.4 Å². The van der Waals surface area contributed by atoms with Crippen LogP contribution in [0.25, 0.3) is 0 Å². The summed E-state index contributed by atoms with van der Waals surface area (Å²) in [6.45, 7) is 16.1. The Bertz CT molecular complexity index is 525. The number of hydrogen-bond donors (Lipinski definition) is 4. The van der Waals surface area contributed by atoms with Gasteiger partial charge in [0.15, 0.2) is 0 Å². The van der Waals surface area contributed by atoms with Crippen LogP contribution in [0.2, 0.25) is 0 Å². The number of nitrogens with one attached hydrogen (secondary N) is 3. The van der Waals surface area contributed by atoms with Crippen molar-refractivity contribution in [3.63, 3.8) is 0 Å². The molecule has 3 heterocycles. The van der Waals surface area contributed by atoms with Crippen molar-refractivity contribution < 1.29 is 4.57 Å². The average Bonchev–Trinajstić information content (AvgIpc) is 3.11. The van der Waals surface area contributed by atoms with Gasteiger partial charge < -0.3 is 26.6 Å². The molecule has 0 bridgehead atoms. The number of nitrogens with zero attached hydrogens (tertiary/aromatic N) is 4. The van der Waals surface area contributed by atoms with E-state index < -0.39 is 7.59 Å². The molecule has 0 aromatic heterocycles. The smallest absolute Gasteiger partial charge is 0.287 e. The van der Waals surface area contributed by atoms with Crippen molar-refractivity contribution in [2.45, 2.75) is 25.7 Å². The minimum Gasteiger partial charge on any atom is -0.329 e. The summed E-state index contributed by atoms with van der Waals surface area (Å²) >= 11 is 0. The van der Waals surface area contributed by atoms with Crippen LogP contribution in [0.1, 0.15) is 25.7 Å². The second kappa shape index (κ2) is 13.5. The van der Waals surface area contributed by atoms with Gasteiger partial charge in [-0.1, -0.05) is 0 Å². The molecule has 0 aliphatic carbocycles. The Morgan fingerprint density at radius 2 is 1.17 bits per heavy atom. The molecule has 0 radical (unpaired) electrons. The molecule has 3 aliphatic rings. The summed E-state index contributed by atoms with van der Waals surface area (Å²) in [7, 11) is -2.43. The Morgan fingerprint density at radius 1 is 0.633 bits per heavy atom. The van der Waals surface area contributed by atoms with Gasteiger partial charge in [0.05, 0.1) is 0 Å². The highest BCUT2D eigenvalue weighted by Gasteiger charge is 2.49. The monoisotopic (exact) mass is 444 g/mol. The van der Waals surface area contributed by atoms with Gasteiger partial charge in [-0.3, -0.25) is 4.57 Å². The Kier molecular flexibility index (Phi) is 11.0. The Balaban J connectivity index is 1.25. The van der Waals surface area contributed by atoms with E-state index >= 15 is 0 Å². The molecule has 0 spiro atoms. The van der Waals surface area contributed by atoms with Crippen LogP contribution in [-0.4, -0.2) is 124 Å². The predicted octanol–water partition coefficient (Wildman–Crippen LogP) is -0.369. The van der Waals surface area contributed by atoms with Crippen molar-refractivity contribution in [3.05, 3.63) is 0 Å². The topological polar surface area (TPSA) is 92.1 Å². The van der Waals surface area contributed by atoms with Crippen molar-refractivity contribution in [1.82, 2.24) is 34.9 Å². The van der Waals surface area contributed by atoms with Crippen molar-refractivity contribution in [3.8, 4) is 0 Å². The Hall–Kier alpha value is -0.0900. The predicted molar refractivity (Wildman–Crippen MR) is 125 cm³/mol. The van der Waals surface area contributed by atoms with E-state index in [1.807, 2.05) is 0 Å². The minimum absolute atomic E-state index is 0.713. The first-order valence-corrected chi connectivity index (χ1v) is 13.7. The summed E-state index contributed by atoms with van der Waals surface area (Å²) < 4.78 is 20.7. The molecule has 0 saturated carbocycles. The van der Waals surface area contributed by atoms with E-state index in [0.29, 0.717) is 6.54 Å². The van der Waals surface area contributed by atoms with Crippen molar-refractivity contribution in [1.29, 1.82) is 0 Å². The molecule has 3 aliphatic heterocycles. The zero-order valence-corrected chi connectivity index (χ0v) is 19.8. The van der Waals surface area contributed by atoms with Gasteiger partial charge in [0.1, 0.15) is 0 Å². The normalized spacial score (nSPS) is 27.0. The van der Waals surface area contributed by atoms with E-state index in [1.54, 1.807) is 0 Å². The van der Waals surface area contributed by atoms with E-state index in [9.17, 15) is 4.57 Å². The lowest BCUT2D eigenvalue weighted by Gasteiger charge is -2.42. The first-order chi connectivity index (χ1) is 14.7. The molecule has 0 aromatic rings. The maximum atomic E-state index is 13.8. The van der Waals surface area contributed by atoms with Gasteiger partial charge in [-0.15, -0.1) is 0 Å². The fourth-order valence-corrected chi connectivity index (χ4v) is 8.14. The Morgan fingerprint density at radius 3 is 1.80 bits per heavy atom. The molecular weight excluding hydrogens is 399 g/mol. The zero-order valence-electron chi connectivity index (χ0n) is 18.9. The van der Waals surface area contributed by atoms with Crippen LogP contribution in [0.15, 0.2) is 0 Å². The van der Waals surface area contributed by atoms with Gasteiger partial charge in [0.2, 0.25) is 0 Å². The fourth-order valence-electron chi connectivity index (χ4n) is 4.81. The van der Waals surface area contributed by atoms with Crippen LogP contribution >= 0.6 is 7.59 Å². The first-order valence-electron chi connectivity index (χ1n) is 12.2. The van der Waals surface area contributed by atoms with Crippen molar-refractivity contribution >= 4 is 7.59 Å². The van der Waals surface area contributed by atoms with Crippen LogP contribution < -0.4 is 21.7 Å². The summed E-state index contributed by atoms with van der Waals surface area (Å²) in [5.74, 6) is 0. The van der Waals surface area contributed by atoms with E-state index in [-0.39, 0.29) is 0 Å². The number of hydrogen-bond acceptors (Lipinski definition) is 6. The molecule has 176 valence electrons. The molecule has 1 atom stereocenters. The molecule has 5 N–H and O–H groups in total. The molecule has 10 heteroatoms. The van der Waals surface area contributed by atoms with Crippen molar-refractivity contribution in [2.24, 2.45) is 5.73 Å². The Labute approximate surface area is 183 Å². The molecule has 3 saturated heterocycles. The molecular formula is C20H45N8OP. The van der Waals surface area contributed by atoms with E-state index in [4.69, 9.17) is 5.73 Å². The van der Waals surface area contributed by atoms with E-state index in [1.165, 1.54) is 6.42 Å². The SMILES string of the molecule is NCCNCCCNCCNCCCN1CCCN2CCN3CCCN(CC1)P23=O. The third-order valence-corrected chi connectivity index (χ3v) is 9.86. The highest BCUT2D eigenvalue weighted by molar-refractivity contribution is 7.56. The summed E-state index contributed by atoms with van der Waals surface area (Å²) in [6.07, 6.45) is 4.60. The molecule has 0 amide bonds. The number of nitrogens with two attached hydrogens (primary N) is 1. The van der Waals surface area contributed by atoms with Crippen LogP contribution in [0, 0.1) is 0 Å². The zero-order chi connectivity index (χ0) is 21.1. The maximum absolute atomic E-state index is 13.8. The standard InChI is InChI=1S/C20H45N8OP/c21-5-9-22-6-1-7-23-10-11-24-8-2-12-25-13-3-14-27-19-20-28-16-4-15-26(18-17-25)30(27,28)29/h22-24H,1-21H2. The molecule has 3 fully saturated rings. The lowest BCUT2D eigenvalue weighted by molar-refractivity contribution is 0.230. The van der Waals surface area contributed by atoms with Crippen LogP contribution in [-0.2, 0) is 4.57 Å². The summed E-state index contributed by atoms with van der Waals surface area (Å²) in [6, 6.07) is 0. The second-order valence-electron chi connectivity index (χ2n) is 8.67. The summed E-state index contributed by atoms with van der Waals surface area (Å²) in [5, 5.41) is 10.4. The van der Waals surface area contributed by atoms with Crippen LogP contribution in [0.5, 0.6) is 0 Å². The van der Waals surface area contributed by atoms with Gasteiger partial charge in [-0.25, -0.2) is 14.0 Å². The highest BCUT2D eigenvalue weighted by Crippen LogP contribution is 2.61. The molecule has 0 aromatic carbocycles. The summed E-state index contributed by atoms with van der Waals surface area (Å²) in [5.41, 5.74) is 5.46. The number of rotatable bonds is 13. The fraction of sp³-hybridized carbons (Fsp3) is 1.00. The van der Waals surface area contributed by atoms with Gasteiger partial charge >= 0.3 is 0 Å². The lowest BCUT2D eigenvalue weighted by Crippen LogP contribution is -2.42. The first kappa shape index (κ1) is 24.6. The molecule has 30 heavy (non-hydrogen) atoms. The summed E-state index contributed by atoms with van der Waals surface area (Å²) in [4.78, 5) is 2.59. The third-order valence-electron chi connectivity index (χ3n) is 6.45. The van der Waals surface area contributed by atoms with E-state index in [2.05, 4.69) is 34.9 Å². The quantitative estimate of drug-likeness (QED) is 0.224. The average molecular weight is 445 g/mol. The minimum atomic E-state index is -2.43. The van der Waals surface area contributed by atoms with Gasteiger partial charge in [-0.2, -0.15) is 0 Å². The highest BCUT2D eigenvalue weighted by atomic mass is 31.2.